The highest BCUT2D eigenvalue weighted by Crippen LogP contribution is 2.52. The lowest BCUT2D eigenvalue weighted by Gasteiger charge is -2.13. The highest BCUT2D eigenvalue weighted by atomic mass is 32.1. The molecule has 12 heterocycles. The van der Waals surface area contributed by atoms with E-state index in [0.29, 0.717) is 17.6 Å². The van der Waals surface area contributed by atoms with Crippen LogP contribution in [0.15, 0.2) is 437 Å². The number of thiophene rings is 3. The van der Waals surface area contributed by atoms with Crippen LogP contribution >= 0.6 is 34.0 Å². The van der Waals surface area contributed by atoms with E-state index in [1.807, 2.05) is 120 Å². The second-order valence-electron chi connectivity index (χ2n) is 34.1. The SMILES string of the molecule is c1ccc(-c2cc(-c3ccc(-n4c5ccccc5c5c6cccnc6c6sc7ccccc7c6c54)cc3)nc(-c3ccccc3)n2)cc1.c1ccc(-c2cc(-c3cccc(-n4c5ccccc5c5c6cccnc6c6sc7ccccc7c6c54)c3)nc(-c3ccccc3)n2)cc1.c1ccc(-c2nc(-n3c4ccccc4c4c5cccnc5c5sc6ccccc6c5c43)nc3ccccc23)cc1. The molecule has 0 saturated carbocycles. The molecular formula is C121H72N12S3. The van der Waals surface area contributed by atoms with Gasteiger partial charge >= 0.3 is 0 Å². The zero-order valence-electron chi connectivity index (χ0n) is 72.7. The number of para-hydroxylation sites is 4. The number of rotatable bonds is 10. The van der Waals surface area contributed by atoms with Crippen molar-refractivity contribution in [2.24, 2.45) is 0 Å². The molecule has 0 spiro atoms. The molecule has 17 aromatic carbocycles. The zero-order valence-corrected chi connectivity index (χ0v) is 75.1. The first-order chi connectivity index (χ1) is 67.5. The van der Waals surface area contributed by atoms with Crippen LogP contribution in [-0.4, -0.2) is 58.6 Å². The molecule has 0 radical (unpaired) electrons. The Labute approximate surface area is 789 Å². The fraction of sp³-hybridized carbons (Fsp3) is 0. The lowest BCUT2D eigenvalue weighted by molar-refractivity contribution is 1.02. The molecule has 12 aromatic heterocycles. The minimum absolute atomic E-state index is 0.670. The van der Waals surface area contributed by atoms with E-state index in [4.69, 9.17) is 44.9 Å². The molecule has 0 unspecified atom stereocenters. The molecule has 29 aromatic rings. The Morgan fingerprint density at radius 1 is 0.199 bits per heavy atom. The van der Waals surface area contributed by atoms with Crippen LogP contribution < -0.4 is 0 Å². The van der Waals surface area contributed by atoms with E-state index in [-0.39, 0.29) is 0 Å². The third kappa shape index (κ3) is 12.8. The maximum Gasteiger partial charge on any atom is 0.235 e. The van der Waals surface area contributed by atoms with Crippen LogP contribution in [0.25, 0.3) is 266 Å². The topological polar surface area (TPSA) is 131 Å². The normalized spacial score (nSPS) is 11.8. The number of pyridine rings is 3. The van der Waals surface area contributed by atoms with Crippen LogP contribution in [0.3, 0.4) is 0 Å². The molecule has 0 aliphatic carbocycles. The molecule has 15 heteroatoms. The molecule has 0 bridgehead atoms. The number of benzene rings is 17. The van der Waals surface area contributed by atoms with Gasteiger partial charge in [-0.15, -0.1) is 34.0 Å². The van der Waals surface area contributed by atoms with E-state index in [2.05, 4.69) is 353 Å². The van der Waals surface area contributed by atoms with Gasteiger partial charge in [0.25, 0.3) is 0 Å². The van der Waals surface area contributed by atoms with Crippen molar-refractivity contribution >= 4 is 204 Å². The average Bonchev–Trinajstić information content (AvgIpc) is 1.55. The van der Waals surface area contributed by atoms with Crippen LogP contribution in [0.5, 0.6) is 0 Å². The lowest BCUT2D eigenvalue weighted by atomic mass is 10.0. The minimum Gasteiger partial charge on any atom is -0.309 e. The summed E-state index contributed by atoms with van der Waals surface area (Å²) in [6.07, 6.45) is 5.72. The van der Waals surface area contributed by atoms with Crippen molar-refractivity contribution in [3.63, 3.8) is 0 Å². The predicted molar refractivity (Wildman–Crippen MR) is 569 cm³/mol. The number of hydrogen-bond acceptors (Lipinski definition) is 12. The molecular weight excluding hydrogens is 1720 g/mol. The standard InChI is InChI=1S/2C43H26N4S.C35H20N4S/c1-3-13-27(14-4-1)34-26-35(46-43(45-34)28-15-5-2-6-16-28)29-17-11-18-30(25-29)47-36-22-9-7-19-31(36)38-33-21-12-24-44-40(33)42-39(41(38)47)32-20-8-10-23-37(32)48-42;1-3-12-27(13-4-1)34-26-35(46-43(45-34)29-14-5-2-6-15-29)28-21-23-30(24-22-28)47-36-19-9-7-16-31(36)38-33-18-11-25-44-40(33)42-39(41(38)47)32-17-8-10-20-37(32)48-42;1-2-11-21(12-3-1)31-22-13-4-7-17-26(22)37-35(38-31)39-27-18-8-5-14-23(27)29-25-16-10-20-36-32(25)34-30(33(29)39)24-15-6-9-19-28(24)40-34/h2*1-26H;1-20H. The van der Waals surface area contributed by atoms with Gasteiger partial charge in [0.05, 0.1) is 97.7 Å². The summed E-state index contributed by atoms with van der Waals surface area (Å²) in [5.74, 6) is 2.09. The summed E-state index contributed by atoms with van der Waals surface area (Å²) in [4.78, 5) is 45.5. The number of nitrogens with zero attached hydrogens (tertiary/aromatic N) is 12. The zero-order chi connectivity index (χ0) is 89.4. The van der Waals surface area contributed by atoms with Gasteiger partial charge in [-0.1, -0.05) is 322 Å². The van der Waals surface area contributed by atoms with Crippen molar-refractivity contribution in [2.75, 3.05) is 0 Å². The highest BCUT2D eigenvalue weighted by Gasteiger charge is 2.29. The first-order valence-electron chi connectivity index (χ1n) is 45.4. The van der Waals surface area contributed by atoms with Crippen LogP contribution in [0, 0.1) is 0 Å². The summed E-state index contributed by atoms with van der Waals surface area (Å²) in [6, 6.07) is 147. The Morgan fingerprint density at radius 2 is 0.522 bits per heavy atom. The third-order valence-corrected chi connectivity index (χ3v) is 29.8. The van der Waals surface area contributed by atoms with E-state index < -0.39 is 0 Å². The highest BCUT2D eigenvalue weighted by molar-refractivity contribution is 7.28. The average molecular weight is 1790 g/mol. The Bertz CT molecular complexity index is 9770. The van der Waals surface area contributed by atoms with Crippen molar-refractivity contribution < 1.29 is 0 Å². The van der Waals surface area contributed by atoms with E-state index in [0.717, 1.165) is 128 Å². The molecule has 0 atom stereocenters. The molecule has 634 valence electrons. The Hall–Kier alpha value is -17.5. The predicted octanol–water partition coefficient (Wildman–Crippen LogP) is 32.3. The molecule has 29 rings (SSSR count). The monoisotopic (exact) mass is 1790 g/mol. The van der Waals surface area contributed by atoms with Crippen LogP contribution in [-0.2, 0) is 0 Å². The Morgan fingerprint density at radius 3 is 0.956 bits per heavy atom. The molecule has 0 amide bonds. The fourth-order valence-electron chi connectivity index (χ4n) is 20.4. The maximum absolute atomic E-state index is 5.30. The van der Waals surface area contributed by atoms with Gasteiger partial charge in [-0.3, -0.25) is 19.5 Å². The van der Waals surface area contributed by atoms with E-state index in [1.165, 1.54) is 120 Å². The van der Waals surface area contributed by atoms with Crippen LogP contribution in [0.2, 0.25) is 0 Å². The third-order valence-electron chi connectivity index (χ3n) is 26.3. The van der Waals surface area contributed by atoms with E-state index in [1.54, 1.807) is 11.3 Å². The number of aromatic nitrogens is 12. The first-order valence-corrected chi connectivity index (χ1v) is 47.8. The Balaban J connectivity index is 0.000000104. The van der Waals surface area contributed by atoms with Gasteiger partial charge in [0.15, 0.2) is 11.6 Å². The van der Waals surface area contributed by atoms with Crippen LogP contribution in [0.1, 0.15) is 0 Å². The summed E-state index contributed by atoms with van der Waals surface area (Å²) in [6.45, 7) is 0. The molecule has 136 heavy (non-hydrogen) atoms. The summed E-state index contributed by atoms with van der Waals surface area (Å²) in [5, 5.41) is 19.3. The van der Waals surface area contributed by atoms with Crippen molar-refractivity contribution in [3.05, 3.63) is 437 Å². The Kier molecular flexibility index (Phi) is 18.6. The molecule has 0 saturated heterocycles. The van der Waals surface area contributed by atoms with Crippen molar-refractivity contribution in [1.82, 2.24) is 58.6 Å². The van der Waals surface area contributed by atoms with Gasteiger partial charge in [0.1, 0.15) is 0 Å². The molecule has 0 aliphatic rings. The second kappa shape index (κ2) is 32.2. The molecule has 0 N–H and O–H groups in total. The van der Waals surface area contributed by atoms with Gasteiger partial charge in [-0.25, -0.2) is 29.9 Å². The van der Waals surface area contributed by atoms with Crippen molar-refractivity contribution in [1.29, 1.82) is 0 Å². The molecule has 0 aliphatic heterocycles. The van der Waals surface area contributed by atoms with E-state index >= 15 is 0 Å². The quantitative estimate of drug-likeness (QED) is 0.131. The lowest BCUT2D eigenvalue weighted by Crippen LogP contribution is -2.03. The first kappa shape index (κ1) is 78.4. The maximum atomic E-state index is 5.30. The van der Waals surface area contributed by atoms with Gasteiger partial charge in [-0.2, -0.15) is 0 Å². The van der Waals surface area contributed by atoms with Gasteiger partial charge < -0.3 is 9.13 Å². The van der Waals surface area contributed by atoms with Crippen LogP contribution in [0.4, 0.5) is 0 Å². The van der Waals surface area contributed by atoms with Crippen molar-refractivity contribution in [2.45, 2.75) is 0 Å². The summed E-state index contributed by atoms with van der Waals surface area (Å²) in [5.41, 5.74) is 25.0. The largest absolute Gasteiger partial charge is 0.309 e. The molecule has 12 nitrogen and oxygen atoms in total. The van der Waals surface area contributed by atoms with Gasteiger partial charge in [0, 0.05) is 169 Å². The molecule has 0 fully saturated rings. The number of fused-ring (bicyclic) bond motifs is 31. The number of hydrogen-bond donors (Lipinski definition) is 0. The smallest absolute Gasteiger partial charge is 0.235 e. The van der Waals surface area contributed by atoms with E-state index in [9.17, 15) is 0 Å². The summed E-state index contributed by atoms with van der Waals surface area (Å²) < 4.78 is 14.6. The van der Waals surface area contributed by atoms with Gasteiger partial charge in [-0.05, 0) is 97.1 Å². The van der Waals surface area contributed by atoms with Gasteiger partial charge in [0.2, 0.25) is 5.95 Å². The van der Waals surface area contributed by atoms with Crippen molar-refractivity contribution in [3.8, 4) is 96.4 Å². The minimum atomic E-state index is 0.670. The fourth-order valence-corrected chi connectivity index (χ4v) is 24.0. The summed E-state index contributed by atoms with van der Waals surface area (Å²) >= 11 is 5.46. The summed E-state index contributed by atoms with van der Waals surface area (Å²) in [7, 11) is 0. The second-order valence-corrected chi connectivity index (χ2v) is 37.2.